The summed E-state index contributed by atoms with van der Waals surface area (Å²) in [6.45, 7) is 0. The minimum atomic E-state index is -0.121. The summed E-state index contributed by atoms with van der Waals surface area (Å²) in [5.41, 5.74) is -0.121. The van der Waals surface area contributed by atoms with Crippen molar-refractivity contribution < 1.29 is 20.4 Å². The van der Waals surface area contributed by atoms with Crippen molar-refractivity contribution >= 4 is 22.9 Å². The van der Waals surface area contributed by atoms with Gasteiger partial charge in [0, 0.05) is 20.4 Å². The Balaban J connectivity index is 0.000000640. The van der Waals surface area contributed by atoms with Gasteiger partial charge in [0.2, 0.25) is 0 Å². The molecule has 0 aliphatic carbocycles. The summed E-state index contributed by atoms with van der Waals surface area (Å²) in [7, 11) is 0. The van der Waals surface area contributed by atoms with Gasteiger partial charge in [0.25, 0.3) is 0 Å². The van der Waals surface area contributed by atoms with Gasteiger partial charge in [-0.3, -0.25) is 9.89 Å². The number of halogens is 1. The minimum absolute atomic E-state index is 0. The van der Waals surface area contributed by atoms with Gasteiger partial charge in [0.15, 0.2) is 5.56 Å². The SMILES string of the molecule is O=c1cc[c-]nn1I.[Re]. The van der Waals surface area contributed by atoms with Gasteiger partial charge in [-0.2, -0.15) is 0 Å². The van der Waals surface area contributed by atoms with E-state index < -0.39 is 0 Å². The third-order valence-electron chi connectivity index (χ3n) is 0.628. The van der Waals surface area contributed by atoms with Gasteiger partial charge in [-0.15, -0.1) is 12.3 Å². The van der Waals surface area contributed by atoms with Gasteiger partial charge in [0.1, 0.15) is 0 Å². The third-order valence-corrected chi connectivity index (χ3v) is 1.32. The summed E-state index contributed by atoms with van der Waals surface area (Å²) in [6, 6.07) is 2.89. The molecule has 0 fully saturated rings. The molecule has 0 aliphatic rings. The number of aromatic nitrogens is 2. The third kappa shape index (κ3) is 2.56. The van der Waals surface area contributed by atoms with E-state index in [2.05, 4.69) is 11.3 Å². The van der Waals surface area contributed by atoms with Gasteiger partial charge in [-0.1, -0.05) is 0 Å². The van der Waals surface area contributed by atoms with Crippen molar-refractivity contribution in [1.82, 2.24) is 7.99 Å². The number of rotatable bonds is 0. The van der Waals surface area contributed by atoms with Gasteiger partial charge in [0.05, 0.1) is 22.9 Å². The Morgan fingerprint density at radius 3 is 2.78 bits per heavy atom. The van der Waals surface area contributed by atoms with Gasteiger partial charge < -0.3 is 0 Å². The molecule has 1 radical (unpaired) electrons. The molecule has 0 unspecified atom stereocenters. The van der Waals surface area contributed by atoms with Crippen molar-refractivity contribution in [3.05, 3.63) is 28.7 Å². The van der Waals surface area contributed by atoms with Crippen LogP contribution < -0.4 is 5.56 Å². The standard InChI is InChI=1S/C4H2IN2O.Re/c5-7-4(8)2-1-3-6-7;/h1-2H;/q-1;. The van der Waals surface area contributed by atoms with Crippen molar-refractivity contribution in [2.75, 3.05) is 0 Å². The molecule has 0 aromatic carbocycles. The average molecular weight is 407 g/mol. The van der Waals surface area contributed by atoms with Crippen LogP contribution in [0.2, 0.25) is 0 Å². The van der Waals surface area contributed by atoms with E-state index in [1.54, 1.807) is 22.9 Å². The van der Waals surface area contributed by atoms with Crippen molar-refractivity contribution in [3.63, 3.8) is 0 Å². The van der Waals surface area contributed by atoms with Crippen LogP contribution >= 0.6 is 22.9 Å². The van der Waals surface area contributed by atoms with Crippen LogP contribution in [0, 0.1) is 6.20 Å². The summed E-state index contributed by atoms with van der Waals surface area (Å²) in [5.74, 6) is 0. The Morgan fingerprint density at radius 1 is 1.78 bits per heavy atom. The van der Waals surface area contributed by atoms with Crippen LogP contribution in [0.5, 0.6) is 0 Å². The monoisotopic (exact) mass is 408 g/mol. The number of hydrogen-bond acceptors (Lipinski definition) is 2. The predicted molar refractivity (Wildman–Crippen MR) is 36.8 cm³/mol. The zero-order valence-corrected chi connectivity index (χ0v) is 9.09. The fraction of sp³-hybridized carbons (Fsp3) is 0. The quantitative estimate of drug-likeness (QED) is 0.457. The largest absolute Gasteiger partial charge is 0.289 e. The summed E-state index contributed by atoms with van der Waals surface area (Å²) in [4.78, 5) is 10.5. The average Bonchev–Trinajstić information content (AvgIpc) is 1.77. The molecule has 0 atom stereocenters. The Bertz CT molecular complexity index is 236. The van der Waals surface area contributed by atoms with Gasteiger partial charge >= 0.3 is 0 Å². The molecule has 3 nitrogen and oxygen atoms in total. The first-order valence-corrected chi connectivity index (χ1v) is 2.90. The molecule has 9 heavy (non-hydrogen) atoms. The molecule has 0 amide bonds. The molecule has 1 aromatic heterocycles. The van der Waals surface area contributed by atoms with E-state index in [0.29, 0.717) is 0 Å². The van der Waals surface area contributed by atoms with Crippen LogP contribution in [0.3, 0.4) is 0 Å². The molecule has 0 saturated heterocycles. The molecule has 0 spiro atoms. The maximum absolute atomic E-state index is 10.5. The van der Waals surface area contributed by atoms with E-state index in [0.717, 1.165) is 0 Å². The molecular formula is C4H2IN2ORe-. The molecule has 0 N–H and O–H groups in total. The first kappa shape index (κ1) is 9.27. The zero-order valence-electron chi connectivity index (χ0n) is 4.21. The predicted octanol–water partition coefficient (Wildman–Crippen LogP) is 0.239. The molecular weight excluding hydrogens is 405 g/mol. The Labute approximate surface area is 79.6 Å². The molecule has 1 heterocycles. The van der Waals surface area contributed by atoms with Gasteiger partial charge in [-0.05, 0) is 0 Å². The van der Waals surface area contributed by atoms with E-state index in [9.17, 15) is 4.79 Å². The van der Waals surface area contributed by atoms with Crippen LogP contribution in [-0.2, 0) is 20.4 Å². The molecule has 0 aliphatic heterocycles. The van der Waals surface area contributed by atoms with Gasteiger partial charge in [-0.25, -0.2) is 8.96 Å². The van der Waals surface area contributed by atoms with Crippen molar-refractivity contribution in [1.29, 1.82) is 0 Å². The Kier molecular flexibility index (Phi) is 4.27. The van der Waals surface area contributed by atoms with Crippen molar-refractivity contribution in [2.45, 2.75) is 0 Å². The van der Waals surface area contributed by atoms with Crippen LogP contribution in [-0.4, -0.2) is 7.99 Å². The normalized spacial score (nSPS) is 8.11. The summed E-state index contributed by atoms with van der Waals surface area (Å²) < 4.78 is 1.19. The summed E-state index contributed by atoms with van der Waals surface area (Å²) >= 11 is 1.79. The van der Waals surface area contributed by atoms with Crippen molar-refractivity contribution in [3.8, 4) is 0 Å². The smallest absolute Gasteiger partial charge is 0.193 e. The van der Waals surface area contributed by atoms with E-state index >= 15 is 0 Å². The molecule has 0 saturated carbocycles. The summed E-state index contributed by atoms with van der Waals surface area (Å²) in [5, 5.41) is 3.54. The van der Waals surface area contributed by atoms with Crippen molar-refractivity contribution in [2.24, 2.45) is 0 Å². The Morgan fingerprint density at radius 2 is 2.44 bits per heavy atom. The summed E-state index contributed by atoms with van der Waals surface area (Å²) in [6.07, 6.45) is 2.51. The van der Waals surface area contributed by atoms with Crippen LogP contribution in [0.25, 0.3) is 0 Å². The fourth-order valence-electron chi connectivity index (χ4n) is 0.303. The molecule has 1 rings (SSSR count). The second-order valence-corrected chi connectivity index (χ2v) is 2.07. The number of nitrogens with zero attached hydrogens (tertiary/aromatic N) is 2. The molecule has 1 aromatic rings. The molecule has 49 valence electrons. The van der Waals surface area contributed by atoms with E-state index in [-0.39, 0.29) is 26.0 Å². The van der Waals surface area contributed by atoms with Crippen LogP contribution in [0.1, 0.15) is 0 Å². The minimum Gasteiger partial charge on any atom is -0.289 e. The second kappa shape index (κ2) is 4.15. The van der Waals surface area contributed by atoms with E-state index in [4.69, 9.17) is 0 Å². The Hall–Kier alpha value is 0.272. The second-order valence-electron chi connectivity index (χ2n) is 1.16. The zero-order chi connectivity index (χ0) is 5.98. The maximum Gasteiger partial charge on any atom is 0.193 e. The molecule has 0 bridgehead atoms. The first-order chi connectivity index (χ1) is 3.80. The van der Waals surface area contributed by atoms with E-state index in [1.165, 1.54) is 15.0 Å². The number of hydrogen-bond donors (Lipinski definition) is 0. The molecule has 5 heteroatoms. The first-order valence-electron chi connectivity index (χ1n) is 1.93. The van der Waals surface area contributed by atoms with E-state index in [1.807, 2.05) is 0 Å². The van der Waals surface area contributed by atoms with Crippen LogP contribution in [0.4, 0.5) is 0 Å². The topological polar surface area (TPSA) is 34.9 Å². The van der Waals surface area contributed by atoms with Crippen LogP contribution in [0.15, 0.2) is 16.9 Å². The fourth-order valence-corrected chi connectivity index (χ4v) is 0.589. The maximum atomic E-state index is 10.5.